The second kappa shape index (κ2) is 7.98. The summed E-state index contributed by atoms with van der Waals surface area (Å²) in [4.78, 5) is 13.5. The highest BCUT2D eigenvalue weighted by atomic mass is 32.2. The average molecular weight is 395 g/mol. The number of fused-ring (bicyclic) bond motifs is 1. The molecule has 0 saturated carbocycles. The third kappa shape index (κ3) is 3.84. The van der Waals surface area contributed by atoms with Gasteiger partial charge in [-0.15, -0.1) is 11.8 Å². The van der Waals surface area contributed by atoms with E-state index >= 15 is 0 Å². The molecule has 6 nitrogen and oxygen atoms in total. The van der Waals surface area contributed by atoms with Gasteiger partial charge in [0.15, 0.2) is 11.5 Å². The van der Waals surface area contributed by atoms with Crippen LogP contribution in [0.15, 0.2) is 53.4 Å². The number of hydrogen-bond acceptors (Lipinski definition) is 5. The molecule has 144 valence electrons. The summed E-state index contributed by atoms with van der Waals surface area (Å²) in [6.45, 7) is 4.97. The van der Waals surface area contributed by atoms with Gasteiger partial charge in [0.25, 0.3) is 0 Å². The molecule has 0 unspecified atom stereocenters. The van der Waals surface area contributed by atoms with Gasteiger partial charge in [0, 0.05) is 4.90 Å². The number of hydrogen-bond donors (Lipinski definition) is 1. The molecule has 2 heterocycles. The fourth-order valence-corrected chi connectivity index (χ4v) is 3.81. The van der Waals surface area contributed by atoms with E-state index in [-0.39, 0.29) is 5.91 Å². The summed E-state index contributed by atoms with van der Waals surface area (Å²) in [7, 11) is 0. The first-order valence-electron chi connectivity index (χ1n) is 9.06. The lowest BCUT2D eigenvalue weighted by atomic mass is 10.3. The fourth-order valence-electron chi connectivity index (χ4n) is 3.08. The Morgan fingerprint density at radius 2 is 1.86 bits per heavy atom. The minimum absolute atomic E-state index is 0.0706. The lowest BCUT2D eigenvalue weighted by Gasteiger charge is -2.18. The van der Waals surface area contributed by atoms with Crippen LogP contribution in [-0.2, 0) is 4.79 Å². The molecule has 0 saturated heterocycles. The standard InChI is InChI=1S/C21H21N3O3S/c1-14-21(15(2)24(23-14)16-6-4-3-5-7-16)22-20(25)13-28-17-8-9-18-19(12-17)27-11-10-26-18/h3-9,12H,10-11,13H2,1-2H3,(H,22,25). The largest absolute Gasteiger partial charge is 0.486 e. The zero-order valence-electron chi connectivity index (χ0n) is 15.8. The first-order valence-corrected chi connectivity index (χ1v) is 10.0. The topological polar surface area (TPSA) is 65.4 Å². The zero-order chi connectivity index (χ0) is 19.5. The summed E-state index contributed by atoms with van der Waals surface area (Å²) in [6, 6.07) is 15.6. The number of para-hydroxylation sites is 1. The first-order chi connectivity index (χ1) is 13.6. The van der Waals surface area contributed by atoms with Crippen molar-refractivity contribution in [1.82, 2.24) is 9.78 Å². The number of aryl methyl sites for hydroxylation is 1. The lowest BCUT2D eigenvalue weighted by molar-refractivity contribution is -0.113. The highest BCUT2D eigenvalue weighted by Crippen LogP contribution is 2.34. The quantitative estimate of drug-likeness (QED) is 0.662. The third-order valence-corrected chi connectivity index (χ3v) is 5.43. The van der Waals surface area contributed by atoms with E-state index in [1.54, 1.807) is 0 Å². The van der Waals surface area contributed by atoms with Crippen molar-refractivity contribution in [1.29, 1.82) is 0 Å². The van der Waals surface area contributed by atoms with Crippen LogP contribution in [0, 0.1) is 13.8 Å². The normalized spacial score (nSPS) is 12.6. The summed E-state index contributed by atoms with van der Waals surface area (Å²) >= 11 is 1.46. The molecule has 1 aliphatic rings. The Kier molecular flexibility index (Phi) is 5.25. The predicted octanol–water partition coefficient (Wildman–Crippen LogP) is 3.99. The van der Waals surface area contributed by atoms with Gasteiger partial charge < -0.3 is 14.8 Å². The van der Waals surface area contributed by atoms with Gasteiger partial charge >= 0.3 is 0 Å². The van der Waals surface area contributed by atoms with Crippen LogP contribution in [0.5, 0.6) is 11.5 Å². The number of amides is 1. The van der Waals surface area contributed by atoms with Gasteiger partial charge in [0.2, 0.25) is 5.91 Å². The molecule has 0 spiro atoms. The molecular formula is C21H21N3O3S. The van der Waals surface area contributed by atoms with Gasteiger partial charge in [0.1, 0.15) is 13.2 Å². The molecule has 0 bridgehead atoms. The second-order valence-electron chi connectivity index (χ2n) is 6.44. The van der Waals surface area contributed by atoms with Crippen LogP contribution >= 0.6 is 11.8 Å². The number of aromatic nitrogens is 2. The molecule has 0 fully saturated rings. The van der Waals surface area contributed by atoms with Crippen LogP contribution < -0.4 is 14.8 Å². The number of nitrogens with one attached hydrogen (secondary N) is 1. The van der Waals surface area contributed by atoms with Gasteiger partial charge in [-0.3, -0.25) is 4.79 Å². The van der Waals surface area contributed by atoms with Crippen molar-refractivity contribution in [3.05, 3.63) is 59.9 Å². The monoisotopic (exact) mass is 395 g/mol. The van der Waals surface area contributed by atoms with Crippen molar-refractivity contribution in [3.8, 4) is 17.2 Å². The zero-order valence-corrected chi connectivity index (χ0v) is 16.6. The summed E-state index contributed by atoms with van der Waals surface area (Å²) in [5.41, 5.74) is 3.42. The Morgan fingerprint density at radius 1 is 1.11 bits per heavy atom. The molecule has 28 heavy (non-hydrogen) atoms. The van der Waals surface area contributed by atoms with Crippen molar-refractivity contribution in [3.63, 3.8) is 0 Å². The van der Waals surface area contributed by atoms with Crippen molar-refractivity contribution in [2.45, 2.75) is 18.7 Å². The number of ether oxygens (including phenoxy) is 2. The Morgan fingerprint density at radius 3 is 2.64 bits per heavy atom. The van der Waals surface area contributed by atoms with Gasteiger partial charge in [0.05, 0.1) is 28.5 Å². The Balaban J connectivity index is 1.42. The van der Waals surface area contributed by atoms with Crippen LogP contribution in [0.2, 0.25) is 0 Å². The van der Waals surface area contributed by atoms with Crippen molar-refractivity contribution in [2.75, 3.05) is 24.3 Å². The number of nitrogens with zero attached hydrogens (tertiary/aromatic N) is 2. The van der Waals surface area contributed by atoms with E-state index in [2.05, 4.69) is 10.4 Å². The second-order valence-corrected chi connectivity index (χ2v) is 7.48. The van der Waals surface area contributed by atoms with Gasteiger partial charge in [-0.2, -0.15) is 5.10 Å². The summed E-state index contributed by atoms with van der Waals surface area (Å²) in [6.07, 6.45) is 0. The Hall–Kier alpha value is -2.93. The van der Waals surface area contributed by atoms with Crippen LogP contribution in [0.4, 0.5) is 5.69 Å². The molecule has 2 aromatic carbocycles. The van der Waals surface area contributed by atoms with Crippen LogP contribution in [0.25, 0.3) is 5.69 Å². The molecule has 1 aliphatic heterocycles. The number of carbonyl (C=O) groups excluding carboxylic acids is 1. The van der Waals surface area contributed by atoms with E-state index in [0.717, 1.165) is 39.2 Å². The number of carbonyl (C=O) groups is 1. The maximum absolute atomic E-state index is 12.5. The van der Waals surface area contributed by atoms with E-state index in [1.165, 1.54) is 11.8 Å². The molecule has 0 atom stereocenters. The van der Waals surface area contributed by atoms with Gasteiger partial charge in [-0.1, -0.05) is 18.2 Å². The van der Waals surface area contributed by atoms with Crippen molar-refractivity contribution >= 4 is 23.4 Å². The molecule has 3 aromatic rings. The highest BCUT2D eigenvalue weighted by Gasteiger charge is 2.16. The average Bonchev–Trinajstić information content (AvgIpc) is 3.01. The van der Waals surface area contributed by atoms with Crippen molar-refractivity contribution in [2.24, 2.45) is 0 Å². The summed E-state index contributed by atoms with van der Waals surface area (Å²) < 4.78 is 13.0. The van der Waals surface area contributed by atoms with Crippen molar-refractivity contribution < 1.29 is 14.3 Å². The number of anilines is 1. The third-order valence-electron chi connectivity index (χ3n) is 4.44. The minimum atomic E-state index is -0.0706. The fraction of sp³-hybridized carbons (Fsp3) is 0.238. The minimum Gasteiger partial charge on any atom is -0.486 e. The van der Waals surface area contributed by atoms with E-state index in [0.29, 0.717) is 19.0 Å². The highest BCUT2D eigenvalue weighted by molar-refractivity contribution is 8.00. The molecule has 7 heteroatoms. The molecular weight excluding hydrogens is 374 g/mol. The number of benzene rings is 2. The van der Waals surface area contributed by atoms with Gasteiger partial charge in [-0.05, 0) is 44.2 Å². The first kappa shape index (κ1) is 18.4. The molecule has 0 radical (unpaired) electrons. The molecule has 1 aromatic heterocycles. The smallest absolute Gasteiger partial charge is 0.234 e. The maximum atomic E-state index is 12.5. The van der Waals surface area contributed by atoms with E-state index in [9.17, 15) is 4.79 Å². The molecule has 0 aliphatic carbocycles. The van der Waals surface area contributed by atoms with E-state index < -0.39 is 0 Å². The lowest BCUT2D eigenvalue weighted by Crippen LogP contribution is -2.16. The molecule has 4 rings (SSSR count). The summed E-state index contributed by atoms with van der Waals surface area (Å²) in [5, 5.41) is 7.57. The maximum Gasteiger partial charge on any atom is 0.234 e. The predicted molar refractivity (Wildman–Crippen MR) is 110 cm³/mol. The van der Waals surface area contributed by atoms with Crippen LogP contribution in [0.1, 0.15) is 11.4 Å². The Bertz CT molecular complexity index is 1000. The number of thioether (sulfide) groups is 1. The SMILES string of the molecule is Cc1nn(-c2ccccc2)c(C)c1NC(=O)CSc1ccc2c(c1)OCCO2. The summed E-state index contributed by atoms with van der Waals surface area (Å²) in [5.74, 6) is 1.71. The molecule has 1 N–H and O–H groups in total. The van der Waals surface area contributed by atoms with Crippen LogP contribution in [0.3, 0.4) is 0 Å². The Labute approximate surface area is 167 Å². The number of rotatable bonds is 5. The van der Waals surface area contributed by atoms with E-state index in [4.69, 9.17) is 9.47 Å². The molecule has 1 amide bonds. The van der Waals surface area contributed by atoms with Crippen LogP contribution in [-0.4, -0.2) is 34.7 Å². The van der Waals surface area contributed by atoms with E-state index in [1.807, 2.05) is 67.1 Å². The van der Waals surface area contributed by atoms with Gasteiger partial charge in [-0.25, -0.2) is 4.68 Å².